The molecule has 0 radical (unpaired) electrons. The molecular weight excluding hydrogens is 414 g/mol. The van der Waals surface area contributed by atoms with Crippen LogP contribution < -0.4 is 16.0 Å². The van der Waals surface area contributed by atoms with Crippen molar-refractivity contribution in [3.8, 4) is 11.5 Å². The lowest BCUT2D eigenvalue weighted by atomic mass is 10.1. The van der Waals surface area contributed by atoms with E-state index >= 15 is 0 Å². The van der Waals surface area contributed by atoms with Crippen molar-refractivity contribution < 1.29 is 9.21 Å². The molecule has 162 valence electrons. The van der Waals surface area contributed by atoms with Crippen LogP contribution in [-0.4, -0.2) is 36.5 Å². The maximum atomic E-state index is 12.2. The van der Waals surface area contributed by atoms with E-state index in [-0.39, 0.29) is 5.91 Å². The molecule has 1 heterocycles. The van der Waals surface area contributed by atoms with Crippen molar-refractivity contribution in [1.82, 2.24) is 20.9 Å². The summed E-state index contributed by atoms with van der Waals surface area (Å²) in [5.41, 5.74) is 3.31. The van der Waals surface area contributed by atoms with Crippen molar-refractivity contribution >= 4 is 23.5 Å². The lowest BCUT2D eigenvalue weighted by Gasteiger charge is -2.12. The topological polar surface area (TPSA) is 91.6 Å². The van der Waals surface area contributed by atoms with Gasteiger partial charge in [0.05, 0.1) is 17.1 Å². The Kier molecular flexibility index (Phi) is 8.06. The number of nitrogens with one attached hydrogen (secondary N) is 3. The van der Waals surface area contributed by atoms with Gasteiger partial charge in [-0.15, -0.1) is 0 Å². The highest BCUT2D eigenvalue weighted by Crippen LogP contribution is 2.19. The molecule has 0 bridgehead atoms. The van der Waals surface area contributed by atoms with Crippen LogP contribution in [0.1, 0.15) is 28.5 Å². The van der Waals surface area contributed by atoms with Gasteiger partial charge in [-0.1, -0.05) is 41.4 Å². The Balaban J connectivity index is 1.50. The van der Waals surface area contributed by atoms with E-state index in [1.807, 2.05) is 38.1 Å². The Hall–Kier alpha value is -3.32. The molecule has 8 heteroatoms. The Morgan fingerprint density at radius 2 is 1.81 bits per heavy atom. The van der Waals surface area contributed by atoms with Crippen LogP contribution in [0, 0.1) is 6.92 Å². The van der Waals surface area contributed by atoms with Crippen LogP contribution in [0.25, 0.3) is 11.5 Å². The summed E-state index contributed by atoms with van der Waals surface area (Å²) in [6.07, 6.45) is 1.62. The first-order valence-corrected chi connectivity index (χ1v) is 10.5. The lowest BCUT2D eigenvalue weighted by Crippen LogP contribution is -2.41. The highest BCUT2D eigenvalue weighted by atomic mass is 35.5. The fourth-order valence-corrected chi connectivity index (χ4v) is 3.03. The molecule has 0 aliphatic heterocycles. The Labute approximate surface area is 186 Å². The number of nitrogens with zero attached hydrogens (tertiary/aromatic N) is 2. The van der Waals surface area contributed by atoms with E-state index in [0.29, 0.717) is 48.6 Å². The minimum absolute atomic E-state index is 0.208. The summed E-state index contributed by atoms with van der Waals surface area (Å²) < 4.78 is 5.58. The van der Waals surface area contributed by atoms with Crippen LogP contribution in [0.2, 0.25) is 5.02 Å². The summed E-state index contributed by atoms with van der Waals surface area (Å²) in [5, 5.41) is 9.63. The number of hydrogen-bond donors (Lipinski definition) is 3. The fourth-order valence-electron chi connectivity index (χ4n) is 2.81. The van der Waals surface area contributed by atoms with Gasteiger partial charge in [0, 0.05) is 25.2 Å². The summed E-state index contributed by atoms with van der Waals surface area (Å²) in [4.78, 5) is 21.2. The number of carbonyl (C=O) groups is 1. The molecule has 31 heavy (non-hydrogen) atoms. The number of guanidine groups is 1. The number of aliphatic imine (C=N–C) groups is 1. The lowest BCUT2D eigenvalue weighted by molar-refractivity contribution is 0.0954. The number of oxazole rings is 1. The summed E-state index contributed by atoms with van der Waals surface area (Å²) in [6, 6.07) is 15.0. The highest BCUT2D eigenvalue weighted by Gasteiger charge is 2.09. The largest absolute Gasteiger partial charge is 0.444 e. The van der Waals surface area contributed by atoms with Crippen molar-refractivity contribution in [3.05, 3.63) is 76.6 Å². The number of amides is 1. The summed E-state index contributed by atoms with van der Waals surface area (Å²) >= 11 is 6.05. The van der Waals surface area contributed by atoms with Crippen LogP contribution in [0.5, 0.6) is 0 Å². The monoisotopic (exact) mass is 439 g/mol. The second-order valence-electron chi connectivity index (χ2n) is 6.87. The quantitative estimate of drug-likeness (QED) is 0.282. The molecule has 3 rings (SSSR count). The minimum Gasteiger partial charge on any atom is -0.444 e. The number of benzene rings is 2. The second kappa shape index (κ2) is 11.2. The number of rotatable bonds is 8. The summed E-state index contributed by atoms with van der Waals surface area (Å²) in [7, 11) is 0. The molecule has 0 fully saturated rings. The van der Waals surface area contributed by atoms with E-state index < -0.39 is 0 Å². The van der Waals surface area contributed by atoms with Gasteiger partial charge in [0.15, 0.2) is 5.96 Å². The molecule has 0 saturated heterocycles. The van der Waals surface area contributed by atoms with Crippen LogP contribution in [0.4, 0.5) is 0 Å². The number of aromatic nitrogens is 1. The summed E-state index contributed by atoms with van der Waals surface area (Å²) in [6.45, 7) is 6.05. The molecule has 1 aromatic heterocycles. The molecular formula is C23H26ClN5O2. The number of carbonyl (C=O) groups excluding carboxylic acids is 1. The first kappa shape index (κ1) is 22.4. The van der Waals surface area contributed by atoms with Crippen molar-refractivity contribution in [2.45, 2.75) is 20.4 Å². The van der Waals surface area contributed by atoms with E-state index in [0.717, 1.165) is 11.3 Å². The average Bonchev–Trinajstić information content (AvgIpc) is 3.24. The van der Waals surface area contributed by atoms with Crippen LogP contribution >= 0.6 is 11.6 Å². The molecule has 0 spiro atoms. The highest BCUT2D eigenvalue weighted by molar-refractivity contribution is 6.33. The predicted octanol–water partition coefficient (Wildman–Crippen LogP) is 3.79. The van der Waals surface area contributed by atoms with E-state index in [1.54, 1.807) is 30.5 Å². The van der Waals surface area contributed by atoms with Gasteiger partial charge in [-0.3, -0.25) is 4.79 Å². The second-order valence-corrected chi connectivity index (χ2v) is 7.27. The van der Waals surface area contributed by atoms with Gasteiger partial charge in [0.2, 0.25) is 5.89 Å². The van der Waals surface area contributed by atoms with E-state index in [4.69, 9.17) is 16.0 Å². The third-order valence-electron chi connectivity index (χ3n) is 4.42. The van der Waals surface area contributed by atoms with E-state index in [2.05, 4.69) is 25.9 Å². The molecule has 3 aromatic rings. The van der Waals surface area contributed by atoms with Gasteiger partial charge in [-0.2, -0.15) is 0 Å². The molecule has 1 amide bonds. The zero-order valence-electron chi connectivity index (χ0n) is 17.6. The molecule has 0 aliphatic rings. The third-order valence-corrected chi connectivity index (χ3v) is 4.74. The van der Waals surface area contributed by atoms with Gasteiger partial charge in [-0.05, 0) is 38.1 Å². The number of aryl methyl sites for hydroxylation is 1. The van der Waals surface area contributed by atoms with Crippen molar-refractivity contribution in [2.24, 2.45) is 4.99 Å². The maximum Gasteiger partial charge on any atom is 0.252 e. The van der Waals surface area contributed by atoms with Gasteiger partial charge < -0.3 is 20.4 Å². The van der Waals surface area contributed by atoms with Crippen LogP contribution in [-0.2, 0) is 6.54 Å². The van der Waals surface area contributed by atoms with E-state index in [1.165, 1.54) is 5.56 Å². The smallest absolute Gasteiger partial charge is 0.252 e. The fraction of sp³-hybridized carbons (Fsp3) is 0.261. The van der Waals surface area contributed by atoms with Gasteiger partial charge in [-0.25, -0.2) is 9.98 Å². The molecule has 7 nitrogen and oxygen atoms in total. The summed E-state index contributed by atoms with van der Waals surface area (Å²) in [5.74, 6) is 1.00. The Bertz CT molecular complexity index is 1030. The maximum absolute atomic E-state index is 12.2. The van der Waals surface area contributed by atoms with Gasteiger partial charge in [0.1, 0.15) is 12.0 Å². The molecule has 0 saturated carbocycles. The van der Waals surface area contributed by atoms with Crippen molar-refractivity contribution in [2.75, 3.05) is 19.6 Å². The first-order chi connectivity index (χ1) is 15.1. The predicted molar refractivity (Wildman–Crippen MR) is 123 cm³/mol. The van der Waals surface area contributed by atoms with Crippen molar-refractivity contribution in [3.63, 3.8) is 0 Å². The Morgan fingerprint density at radius 3 is 2.55 bits per heavy atom. The zero-order valence-corrected chi connectivity index (χ0v) is 18.4. The zero-order chi connectivity index (χ0) is 22.1. The first-order valence-electron chi connectivity index (χ1n) is 10.1. The van der Waals surface area contributed by atoms with E-state index in [9.17, 15) is 4.79 Å². The van der Waals surface area contributed by atoms with Crippen LogP contribution in [0.15, 0.2) is 64.2 Å². The van der Waals surface area contributed by atoms with Gasteiger partial charge >= 0.3 is 0 Å². The number of halogens is 1. The van der Waals surface area contributed by atoms with Crippen LogP contribution in [0.3, 0.4) is 0 Å². The SMILES string of the molecule is CCNC(=NCc1coc(-c2ccc(C)cc2)n1)NCCNC(=O)c1ccccc1Cl. The molecule has 0 unspecified atom stereocenters. The normalized spacial score (nSPS) is 11.3. The van der Waals surface area contributed by atoms with Gasteiger partial charge in [0.25, 0.3) is 5.91 Å². The molecule has 0 atom stereocenters. The molecule has 2 aromatic carbocycles. The third kappa shape index (κ3) is 6.58. The number of hydrogen-bond acceptors (Lipinski definition) is 4. The van der Waals surface area contributed by atoms with Crippen molar-refractivity contribution in [1.29, 1.82) is 0 Å². The molecule has 3 N–H and O–H groups in total. The standard InChI is InChI=1S/C23H26ClN5O2/c1-3-25-23(27-13-12-26-21(30)19-6-4-5-7-20(19)24)28-14-18-15-31-22(29-18)17-10-8-16(2)9-11-17/h4-11,15H,3,12-14H2,1-2H3,(H,26,30)(H2,25,27,28). The average molecular weight is 440 g/mol. The minimum atomic E-state index is -0.208. The Morgan fingerprint density at radius 1 is 1.06 bits per heavy atom. The molecule has 0 aliphatic carbocycles.